The lowest BCUT2D eigenvalue weighted by Gasteiger charge is -2.10. The largest absolute Gasteiger partial charge is 0.497 e. The van der Waals surface area contributed by atoms with Gasteiger partial charge in [0.15, 0.2) is 5.16 Å². The number of hydrogen-bond donors (Lipinski definition) is 1. The minimum atomic E-state index is 0.747. The lowest BCUT2D eigenvalue weighted by molar-refractivity contribution is 0.408. The van der Waals surface area contributed by atoms with E-state index < -0.39 is 0 Å². The summed E-state index contributed by atoms with van der Waals surface area (Å²) in [6.45, 7) is 2.11. The molecule has 0 atom stereocenters. The molecule has 0 radical (unpaired) electrons. The zero-order valence-electron chi connectivity index (χ0n) is 13.4. The van der Waals surface area contributed by atoms with Crippen molar-refractivity contribution < 1.29 is 9.47 Å². The Morgan fingerprint density at radius 3 is 2.78 bits per heavy atom. The first kappa shape index (κ1) is 15.7. The number of benzene rings is 1. The van der Waals surface area contributed by atoms with Gasteiger partial charge in [0.25, 0.3) is 0 Å². The average molecular weight is 329 g/mol. The fraction of sp³-hybridized carbons (Fsp3) is 0.294. The molecule has 0 amide bonds. The van der Waals surface area contributed by atoms with Gasteiger partial charge < -0.3 is 14.5 Å². The van der Waals surface area contributed by atoms with Gasteiger partial charge in [-0.25, -0.2) is 4.98 Å². The second kappa shape index (κ2) is 6.91. The maximum atomic E-state index is 5.42. The fourth-order valence-corrected chi connectivity index (χ4v) is 3.37. The molecule has 0 bridgehead atoms. The van der Waals surface area contributed by atoms with E-state index in [0.29, 0.717) is 0 Å². The number of hydrogen-bond acceptors (Lipinski definition) is 5. The summed E-state index contributed by atoms with van der Waals surface area (Å²) in [5, 5.41) is 0.875. The number of ether oxygens (including phenoxy) is 2. The van der Waals surface area contributed by atoms with Crippen molar-refractivity contribution in [2.75, 3.05) is 14.2 Å². The monoisotopic (exact) mass is 329 g/mol. The third-order valence-corrected chi connectivity index (χ3v) is 4.57. The normalized spacial score (nSPS) is 10.9. The number of imidazole rings is 1. The Bertz CT molecular complexity index is 817. The van der Waals surface area contributed by atoms with Crippen LogP contribution in [-0.4, -0.2) is 29.2 Å². The van der Waals surface area contributed by atoms with Gasteiger partial charge in [0.05, 0.1) is 30.9 Å². The summed E-state index contributed by atoms with van der Waals surface area (Å²) in [5.74, 6) is 2.46. The highest BCUT2D eigenvalue weighted by molar-refractivity contribution is 7.98. The number of H-pyrrole nitrogens is 1. The molecular formula is C17H19N3O2S. The highest BCUT2D eigenvalue weighted by atomic mass is 32.2. The quantitative estimate of drug-likeness (QED) is 0.697. The van der Waals surface area contributed by atoms with E-state index >= 15 is 0 Å². The molecule has 0 saturated heterocycles. The lowest BCUT2D eigenvalue weighted by atomic mass is 10.1. The van der Waals surface area contributed by atoms with Gasteiger partial charge in [0.2, 0.25) is 0 Å². The van der Waals surface area contributed by atoms with Gasteiger partial charge >= 0.3 is 0 Å². The van der Waals surface area contributed by atoms with E-state index in [1.165, 1.54) is 0 Å². The zero-order chi connectivity index (χ0) is 16.2. The summed E-state index contributed by atoms with van der Waals surface area (Å²) in [5.41, 5.74) is 4.10. The highest BCUT2D eigenvalue weighted by Crippen LogP contribution is 2.28. The van der Waals surface area contributed by atoms with Crippen molar-refractivity contribution in [3.63, 3.8) is 0 Å². The molecule has 0 saturated carbocycles. The van der Waals surface area contributed by atoms with Crippen molar-refractivity contribution in [2.45, 2.75) is 24.3 Å². The summed E-state index contributed by atoms with van der Waals surface area (Å²) in [4.78, 5) is 12.4. The van der Waals surface area contributed by atoms with Crippen molar-refractivity contribution in [1.82, 2.24) is 15.0 Å². The van der Waals surface area contributed by atoms with Crippen molar-refractivity contribution >= 4 is 22.8 Å². The SMILES string of the molecule is CCc1c(OC)ccnc1CSc1nc2ccc(OC)cc2[nH]1. The van der Waals surface area contributed by atoms with Crippen molar-refractivity contribution in [2.24, 2.45) is 0 Å². The van der Waals surface area contributed by atoms with E-state index in [-0.39, 0.29) is 0 Å². The Balaban J connectivity index is 1.81. The van der Waals surface area contributed by atoms with Gasteiger partial charge in [0.1, 0.15) is 11.5 Å². The molecule has 6 heteroatoms. The highest BCUT2D eigenvalue weighted by Gasteiger charge is 2.11. The molecule has 1 aromatic carbocycles. The number of thioether (sulfide) groups is 1. The molecule has 5 nitrogen and oxygen atoms in total. The summed E-state index contributed by atoms with van der Waals surface area (Å²) in [6, 6.07) is 7.72. The topological polar surface area (TPSA) is 60.0 Å². The molecule has 1 N–H and O–H groups in total. The smallest absolute Gasteiger partial charge is 0.166 e. The van der Waals surface area contributed by atoms with E-state index in [4.69, 9.17) is 9.47 Å². The van der Waals surface area contributed by atoms with Crippen LogP contribution in [-0.2, 0) is 12.2 Å². The maximum absolute atomic E-state index is 5.42. The molecule has 0 spiro atoms. The van der Waals surface area contributed by atoms with Crippen LogP contribution in [0.5, 0.6) is 11.5 Å². The molecule has 2 heterocycles. The molecular weight excluding hydrogens is 310 g/mol. The van der Waals surface area contributed by atoms with E-state index in [2.05, 4.69) is 21.9 Å². The number of nitrogens with zero attached hydrogens (tertiary/aromatic N) is 2. The lowest BCUT2D eigenvalue weighted by Crippen LogP contribution is -1.99. The fourth-order valence-electron chi connectivity index (χ4n) is 2.51. The van der Waals surface area contributed by atoms with E-state index in [0.717, 1.165) is 51.1 Å². The molecule has 23 heavy (non-hydrogen) atoms. The predicted octanol–water partition coefficient (Wildman–Crippen LogP) is 3.83. The number of pyridine rings is 1. The molecule has 0 unspecified atom stereocenters. The van der Waals surface area contributed by atoms with Crippen LogP contribution in [0.15, 0.2) is 35.6 Å². The van der Waals surface area contributed by atoms with Gasteiger partial charge in [-0.05, 0) is 24.6 Å². The van der Waals surface area contributed by atoms with Crippen LogP contribution in [0.2, 0.25) is 0 Å². The molecule has 3 aromatic rings. The third-order valence-electron chi connectivity index (χ3n) is 3.69. The van der Waals surface area contributed by atoms with E-state index in [9.17, 15) is 0 Å². The first-order valence-electron chi connectivity index (χ1n) is 7.42. The van der Waals surface area contributed by atoms with Crippen LogP contribution in [0.4, 0.5) is 0 Å². The summed E-state index contributed by atoms with van der Waals surface area (Å²) < 4.78 is 10.7. The minimum absolute atomic E-state index is 0.747. The number of fused-ring (bicyclic) bond motifs is 1. The second-order valence-corrected chi connectivity index (χ2v) is 5.97. The summed E-state index contributed by atoms with van der Waals surface area (Å²) in [7, 11) is 3.35. The Labute approximate surface area is 139 Å². The van der Waals surface area contributed by atoms with Crippen molar-refractivity contribution in [1.29, 1.82) is 0 Å². The van der Waals surface area contributed by atoms with Crippen LogP contribution in [0.1, 0.15) is 18.2 Å². The molecule has 120 valence electrons. The van der Waals surface area contributed by atoms with E-state index in [1.807, 2.05) is 24.3 Å². The number of nitrogens with one attached hydrogen (secondary N) is 1. The minimum Gasteiger partial charge on any atom is -0.497 e. The van der Waals surface area contributed by atoms with Crippen LogP contribution in [0, 0.1) is 0 Å². The Morgan fingerprint density at radius 1 is 1.17 bits per heavy atom. The van der Waals surface area contributed by atoms with Gasteiger partial charge in [-0.3, -0.25) is 4.98 Å². The molecule has 0 aliphatic heterocycles. The van der Waals surface area contributed by atoms with Gasteiger partial charge in [-0.15, -0.1) is 0 Å². The molecule has 2 aromatic heterocycles. The summed E-state index contributed by atoms with van der Waals surface area (Å²) in [6.07, 6.45) is 2.68. The third kappa shape index (κ3) is 3.27. The number of methoxy groups -OCH3 is 2. The number of aromatic nitrogens is 3. The number of aromatic amines is 1. The second-order valence-electron chi connectivity index (χ2n) is 5.01. The molecule has 3 rings (SSSR count). The average Bonchev–Trinajstić information content (AvgIpc) is 3.01. The Hall–Kier alpha value is -2.21. The Morgan fingerprint density at radius 2 is 2.04 bits per heavy atom. The Kier molecular flexibility index (Phi) is 4.71. The molecule has 0 fully saturated rings. The van der Waals surface area contributed by atoms with Crippen LogP contribution in [0.25, 0.3) is 11.0 Å². The van der Waals surface area contributed by atoms with Crippen LogP contribution < -0.4 is 9.47 Å². The van der Waals surface area contributed by atoms with Gasteiger partial charge in [-0.2, -0.15) is 0 Å². The van der Waals surface area contributed by atoms with Crippen LogP contribution in [0.3, 0.4) is 0 Å². The predicted molar refractivity (Wildman–Crippen MR) is 92.4 cm³/mol. The van der Waals surface area contributed by atoms with Crippen molar-refractivity contribution in [3.8, 4) is 11.5 Å². The van der Waals surface area contributed by atoms with Gasteiger partial charge in [-0.1, -0.05) is 18.7 Å². The van der Waals surface area contributed by atoms with Crippen molar-refractivity contribution in [3.05, 3.63) is 41.7 Å². The first-order chi connectivity index (χ1) is 11.2. The first-order valence-corrected chi connectivity index (χ1v) is 8.41. The standard InChI is InChI=1S/C17H19N3O2S/c1-4-12-15(18-8-7-16(12)22-3)10-23-17-19-13-6-5-11(21-2)9-14(13)20-17/h5-9H,4,10H2,1-3H3,(H,19,20). The zero-order valence-corrected chi connectivity index (χ0v) is 14.2. The number of rotatable bonds is 6. The molecule has 0 aliphatic carbocycles. The maximum Gasteiger partial charge on any atom is 0.166 e. The van der Waals surface area contributed by atoms with E-state index in [1.54, 1.807) is 32.2 Å². The summed E-state index contributed by atoms with van der Waals surface area (Å²) >= 11 is 1.64. The van der Waals surface area contributed by atoms with Gasteiger partial charge in [0, 0.05) is 23.6 Å². The molecule has 0 aliphatic rings. The van der Waals surface area contributed by atoms with Crippen LogP contribution >= 0.6 is 11.8 Å².